The van der Waals surface area contributed by atoms with E-state index in [1.807, 2.05) is 26.0 Å². The quantitative estimate of drug-likeness (QED) is 0.219. The fourth-order valence-electron chi connectivity index (χ4n) is 4.52. The molecule has 0 radical (unpaired) electrons. The van der Waals surface area contributed by atoms with Crippen molar-refractivity contribution in [3.8, 4) is 11.5 Å². The van der Waals surface area contributed by atoms with Crippen LogP contribution in [0.15, 0.2) is 66.2 Å². The van der Waals surface area contributed by atoms with Crippen LogP contribution in [-0.2, 0) is 9.59 Å². The van der Waals surface area contributed by atoms with Gasteiger partial charge in [-0.3, -0.25) is 14.5 Å². The highest BCUT2D eigenvalue weighted by atomic mass is 32.1. The van der Waals surface area contributed by atoms with Crippen molar-refractivity contribution in [3.05, 3.63) is 88.5 Å². The zero-order chi connectivity index (χ0) is 25.6. The lowest BCUT2D eigenvalue weighted by molar-refractivity contribution is -0.132. The number of aryl methyl sites for hydroxylation is 2. The van der Waals surface area contributed by atoms with E-state index in [0.717, 1.165) is 21.3 Å². The number of thiazole rings is 1. The van der Waals surface area contributed by atoms with Gasteiger partial charge in [0.1, 0.15) is 17.3 Å². The molecule has 5 rings (SSSR count). The van der Waals surface area contributed by atoms with Crippen LogP contribution in [-0.4, -0.2) is 36.0 Å². The standard InChI is InChI=1S/C28H24N2O5S/c1-15-12-16(2)23-21(13-15)36-28(29-23)30-24(17-8-10-19(34-3)11-9-17)22(26(32)27(30)33)25(31)18-6-5-7-20(14-18)35-4/h5-14,24,31H,1-4H3/b25-22+. The van der Waals surface area contributed by atoms with E-state index in [-0.39, 0.29) is 11.3 Å². The Bertz CT molecular complexity index is 1540. The maximum Gasteiger partial charge on any atom is 0.301 e. The largest absolute Gasteiger partial charge is 0.507 e. The van der Waals surface area contributed by atoms with Gasteiger partial charge >= 0.3 is 5.91 Å². The Labute approximate surface area is 212 Å². The maximum absolute atomic E-state index is 13.5. The SMILES string of the molecule is COc1ccc(C2/C(=C(\O)c3cccc(OC)c3)C(=O)C(=O)N2c2nc3c(C)cc(C)cc3s2)cc1. The lowest BCUT2D eigenvalue weighted by Gasteiger charge is -2.23. The number of rotatable bonds is 5. The first-order valence-corrected chi connectivity index (χ1v) is 12.1. The Kier molecular flexibility index (Phi) is 5.97. The fourth-order valence-corrected chi connectivity index (χ4v) is 5.69. The third kappa shape index (κ3) is 3.89. The highest BCUT2D eigenvalue weighted by Crippen LogP contribution is 2.45. The van der Waals surface area contributed by atoms with Gasteiger partial charge in [-0.1, -0.05) is 41.7 Å². The zero-order valence-corrected chi connectivity index (χ0v) is 21.1. The number of aromatic nitrogens is 1. The summed E-state index contributed by atoms with van der Waals surface area (Å²) < 4.78 is 11.5. The molecule has 1 aliphatic heterocycles. The number of carbonyl (C=O) groups excluding carboxylic acids is 2. The van der Waals surface area contributed by atoms with Crippen LogP contribution in [0.1, 0.15) is 28.3 Å². The minimum absolute atomic E-state index is 0.00872. The lowest BCUT2D eigenvalue weighted by atomic mass is 9.95. The van der Waals surface area contributed by atoms with Gasteiger partial charge in [-0.15, -0.1) is 0 Å². The first-order valence-electron chi connectivity index (χ1n) is 11.3. The molecule has 4 aromatic rings. The summed E-state index contributed by atoms with van der Waals surface area (Å²) in [6.45, 7) is 3.97. The number of nitrogens with zero attached hydrogens (tertiary/aromatic N) is 2. The molecule has 1 amide bonds. The molecule has 1 atom stereocenters. The molecule has 1 aliphatic rings. The molecule has 8 heteroatoms. The Morgan fingerprint density at radius 1 is 0.972 bits per heavy atom. The molecule has 1 N–H and O–H groups in total. The van der Waals surface area contributed by atoms with Crippen LogP contribution in [0, 0.1) is 13.8 Å². The zero-order valence-electron chi connectivity index (χ0n) is 20.2. The van der Waals surface area contributed by atoms with Crippen LogP contribution in [0.4, 0.5) is 5.13 Å². The molecular weight excluding hydrogens is 476 g/mol. The molecular formula is C28H24N2O5S. The maximum atomic E-state index is 13.5. The van der Waals surface area contributed by atoms with Crippen LogP contribution in [0.2, 0.25) is 0 Å². The topological polar surface area (TPSA) is 89.0 Å². The molecule has 0 bridgehead atoms. The van der Waals surface area contributed by atoms with E-state index < -0.39 is 17.7 Å². The molecule has 182 valence electrons. The molecule has 1 saturated heterocycles. The van der Waals surface area contributed by atoms with Gasteiger partial charge in [0.05, 0.1) is 36.1 Å². The number of hydrogen-bond acceptors (Lipinski definition) is 7. The molecule has 1 fully saturated rings. The Hall–Kier alpha value is -4.17. The second-order valence-electron chi connectivity index (χ2n) is 8.60. The predicted molar refractivity (Wildman–Crippen MR) is 140 cm³/mol. The minimum Gasteiger partial charge on any atom is -0.507 e. The summed E-state index contributed by atoms with van der Waals surface area (Å²) in [4.78, 5) is 33.0. The van der Waals surface area contributed by atoms with Crippen molar-refractivity contribution in [1.82, 2.24) is 4.98 Å². The molecule has 1 unspecified atom stereocenters. The van der Waals surface area contributed by atoms with Gasteiger partial charge in [-0.05, 0) is 60.9 Å². The van der Waals surface area contributed by atoms with E-state index >= 15 is 0 Å². The molecule has 7 nitrogen and oxygen atoms in total. The number of ether oxygens (including phenoxy) is 2. The molecule has 0 spiro atoms. The van der Waals surface area contributed by atoms with Crippen molar-refractivity contribution in [2.24, 2.45) is 0 Å². The van der Waals surface area contributed by atoms with Crippen molar-refractivity contribution >= 4 is 44.1 Å². The van der Waals surface area contributed by atoms with Crippen molar-refractivity contribution in [2.75, 3.05) is 19.1 Å². The Morgan fingerprint density at radius 3 is 2.39 bits per heavy atom. The summed E-state index contributed by atoms with van der Waals surface area (Å²) in [5, 5.41) is 11.7. The first kappa shape index (κ1) is 23.6. The van der Waals surface area contributed by atoms with Crippen LogP contribution < -0.4 is 14.4 Å². The summed E-state index contributed by atoms with van der Waals surface area (Å²) in [5.74, 6) is -0.637. The van der Waals surface area contributed by atoms with Gasteiger partial charge in [-0.25, -0.2) is 4.98 Å². The second-order valence-corrected chi connectivity index (χ2v) is 9.61. The van der Waals surface area contributed by atoms with Crippen LogP contribution in [0.5, 0.6) is 11.5 Å². The van der Waals surface area contributed by atoms with Crippen molar-refractivity contribution in [1.29, 1.82) is 0 Å². The van der Waals surface area contributed by atoms with Gasteiger partial charge in [0.25, 0.3) is 5.78 Å². The van der Waals surface area contributed by atoms with Gasteiger partial charge in [0.2, 0.25) is 0 Å². The smallest absolute Gasteiger partial charge is 0.301 e. The van der Waals surface area contributed by atoms with E-state index in [1.54, 1.807) is 55.6 Å². The van der Waals surface area contributed by atoms with Crippen molar-refractivity contribution in [3.63, 3.8) is 0 Å². The van der Waals surface area contributed by atoms with Gasteiger partial charge in [0.15, 0.2) is 5.13 Å². The lowest BCUT2D eigenvalue weighted by Crippen LogP contribution is -2.29. The third-order valence-corrected chi connectivity index (χ3v) is 7.25. The number of benzene rings is 3. The molecule has 0 aliphatic carbocycles. The number of Topliss-reactive ketones (excluding diaryl/α,β-unsaturated/α-hetero) is 1. The van der Waals surface area contributed by atoms with Crippen molar-refractivity contribution < 1.29 is 24.2 Å². The summed E-state index contributed by atoms with van der Waals surface area (Å²) in [6.07, 6.45) is 0. The predicted octanol–water partition coefficient (Wildman–Crippen LogP) is 5.56. The average molecular weight is 501 g/mol. The van der Waals surface area contributed by atoms with Crippen LogP contribution in [0.25, 0.3) is 16.0 Å². The van der Waals surface area contributed by atoms with E-state index in [9.17, 15) is 14.7 Å². The number of amides is 1. The number of hydrogen-bond donors (Lipinski definition) is 1. The minimum atomic E-state index is -0.871. The normalized spacial score (nSPS) is 17.1. The second kappa shape index (κ2) is 9.13. The third-order valence-electron chi connectivity index (χ3n) is 6.24. The number of anilines is 1. The van der Waals surface area contributed by atoms with Gasteiger partial charge in [-0.2, -0.15) is 0 Å². The number of carbonyl (C=O) groups is 2. The number of methoxy groups -OCH3 is 2. The van der Waals surface area contributed by atoms with Crippen LogP contribution >= 0.6 is 11.3 Å². The monoisotopic (exact) mass is 500 g/mol. The molecule has 2 heterocycles. The first-order chi connectivity index (χ1) is 17.3. The average Bonchev–Trinajstić information content (AvgIpc) is 3.42. The van der Waals surface area contributed by atoms with Gasteiger partial charge in [0, 0.05) is 5.56 Å². The Balaban J connectivity index is 1.73. The van der Waals surface area contributed by atoms with Gasteiger partial charge < -0.3 is 14.6 Å². The molecule has 1 aromatic heterocycles. The van der Waals surface area contributed by atoms with Crippen molar-refractivity contribution in [2.45, 2.75) is 19.9 Å². The van der Waals surface area contributed by atoms with E-state index in [4.69, 9.17) is 14.5 Å². The number of aliphatic hydroxyl groups excluding tert-OH is 1. The number of ketones is 1. The fraction of sp³-hybridized carbons (Fsp3) is 0.179. The molecule has 36 heavy (non-hydrogen) atoms. The Morgan fingerprint density at radius 2 is 1.69 bits per heavy atom. The number of aliphatic hydroxyl groups is 1. The van der Waals surface area contributed by atoms with Crippen LogP contribution in [0.3, 0.4) is 0 Å². The highest BCUT2D eigenvalue weighted by molar-refractivity contribution is 7.22. The molecule has 0 saturated carbocycles. The summed E-state index contributed by atoms with van der Waals surface area (Å²) in [5.41, 5.74) is 3.87. The number of fused-ring (bicyclic) bond motifs is 1. The van der Waals surface area contributed by atoms with E-state index in [2.05, 4.69) is 0 Å². The highest BCUT2D eigenvalue weighted by Gasteiger charge is 2.48. The summed E-state index contributed by atoms with van der Waals surface area (Å²) >= 11 is 1.34. The molecule has 3 aromatic carbocycles. The van der Waals surface area contributed by atoms with E-state index in [0.29, 0.717) is 27.8 Å². The summed E-state index contributed by atoms with van der Waals surface area (Å²) in [6, 6.07) is 17.0. The van der Waals surface area contributed by atoms with E-state index in [1.165, 1.54) is 23.3 Å². The summed E-state index contributed by atoms with van der Waals surface area (Å²) in [7, 11) is 3.08.